The Morgan fingerprint density at radius 3 is 1.73 bits per heavy atom. The van der Waals surface area contributed by atoms with Gasteiger partial charge in [0, 0.05) is 5.56 Å². The molecule has 2 unspecified atom stereocenters. The Hall–Kier alpha value is -3.88. The molecular weight excluding hydrogens is 476 g/mol. The molecule has 0 spiro atoms. The lowest BCUT2D eigenvalue weighted by Crippen LogP contribution is -2.57. The van der Waals surface area contributed by atoms with Crippen LogP contribution in [-0.2, 0) is 26.2 Å². The Morgan fingerprint density at radius 1 is 0.865 bits per heavy atom. The fourth-order valence-corrected chi connectivity index (χ4v) is 4.13. The molecule has 37 heavy (non-hydrogen) atoms. The predicted molar refractivity (Wildman–Crippen MR) is 137 cm³/mol. The number of benzene rings is 2. The highest BCUT2D eigenvalue weighted by Gasteiger charge is 2.57. The molecule has 1 aliphatic rings. The van der Waals surface area contributed by atoms with Gasteiger partial charge in [-0.2, -0.15) is 0 Å². The van der Waals surface area contributed by atoms with E-state index in [4.69, 9.17) is 0 Å². The molecule has 1 aliphatic carbocycles. The zero-order valence-corrected chi connectivity index (χ0v) is 21.5. The minimum atomic E-state index is -2.18. The van der Waals surface area contributed by atoms with Gasteiger partial charge < -0.3 is 25.2 Å². The number of aliphatic carboxylic acids is 2. The Labute approximate surface area is 215 Å². The van der Waals surface area contributed by atoms with Crippen LogP contribution in [0.1, 0.15) is 61.7 Å². The summed E-state index contributed by atoms with van der Waals surface area (Å²) in [5.74, 6) is -2.96. The van der Waals surface area contributed by atoms with E-state index in [2.05, 4.69) is 0 Å². The summed E-state index contributed by atoms with van der Waals surface area (Å²) >= 11 is 0. The summed E-state index contributed by atoms with van der Waals surface area (Å²) in [6, 6.07) is 13.4. The summed E-state index contributed by atoms with van der Waals surface area (Å²) in [4.78, 5) is 45.5. The van der Waals surface area contributed by atoms with Crippen molar-refractivity contribution < 1.29 is 39.6 Å². The highest BCUT2D eigenvalue weighted by atomic mass is 16.4. The van der Waals surface area contributed by atoms with Gasteiger partial charge in [-0.1, -0.05) is 60.7 Å². The first kappa shape index (κ1) is 29.4. The highest BCUT2D eigenvalue weighted by molar-refractivity contribution is 6.01. The lowest BCUT2D eigenvalue weighted by Gasteiger charge is -2.42. The van der Waals surface area contributed by atoms with E-state index in [-0.39, 0.29) is 17.1 Å². The van der Waals surface area contributed by atoms with Gasteiger partial charge in [-0.3, -0.25) is 9.59 Å². The number of carboxylic acids is 2. The molecule has 4 N–H and O–H groups in total. The van der Waals surface area contributed by atoms with Crippen molar-refractivity contribution >= 4 is 23.5 Å². The molecule has 0 aliphatic heterocycles. The van der Waals surface area contributed by atoms with E-state index in [9.17, 15) is 39.6 Å². The summed E-state index contributed by atoms with van der Waals surface area (Å²) in [6.07, 6.45) is 4.34. The fourth-order valence-electron chi connectivity index (χ4n) is 4.13. The maximum absolute atomic E-state index is 12.3. The van der Waals surface area contributed by atoms with Crippen LogP contribution < -0.4 is 0 Å². The van der Waals surface area contributed by atoms with Gasteiger partial charge in [0.2, 0.25) is 0 Å². The van der Waals surface area contributed by atoms with Crippen molar-refractivity contribution in [1.29, 1.82) is 0 Å². The first-order valence-corrected chi connectivity index (χ1v) is 11.6. The van der Waals surface area contributed by atoms with Crippen LogP contribution in [0.15, 0.2) is 72.3 Å². The number of ketones is 2. The third-order valence-corrected chi connectivity index (χ3v) is 6.06. The summed E-state index contributed by atoms with van der Waals surface area (Å²) in [5.41, 5.74) is -3.59. The van der Waals surface area contributed by atoms with Gasteiger partial charge >= 0.3 is 11.9 Å². The van der Waals surface area contributed by atoms with Crippen molar-refractivity contribution in [2.24, 2.45) is 0 Å². The monoisotopic (exact) mass is 508 g/mol. The van der Waals surface area contributed by atoms with Gasteiger partial charge in [-0.05, 0) is 63.8 Å². The van der Waals surface area contributed by atoms with Gasteiger partial charge in [0.05, 0.1) is 5.57 Å². The summed E-state index contributed by atoms with van der Waals surface area (Å²) < 4.78 is 0. The summed E-state index contributed by atoms with van der Waals surface area (Å²) in [5, 5.41) is 40.4. The largest absolute Gasteiger partial charge is 0.480 e. The molecule has 0 saturated carbocycles. The zero-order valence-electron chi connectivity index (χ0n) is 21.5. The number of hydrogen-bond donors (Lipinski definition) is 4. The lowest BCUT2D eigenvalue weighted by molar-refractivity contribution is -0.151. The topological polar surface area (TPSA) is 149 Å². The maximum atomic E-state index is 12.3. The SMILES string of the molecule is CC(C)(O)C(=O)c1ccc(Cc2ccc(C3(C(=O)O)C=CC=C(C(=O)O)C3(C)O)cc2)cc1.CC(C)=O. The molecule has 8 nitrogen and oxygen atoms in total. The normalized spacial score (nSPS) is 20.8. The number of carboxylic acid groups (broad SMARTS) is 2. The van der Waals surface area contributed by atoms with Crippen LogP contribution in [0.25, 0.3) is 0 Å². The molecule has 0 saturated heterocycles. The second-order valence-corrected chi connectivity index (χ2v) is 9.80. The number of aliphatic hydroxyl groups is 2. The highest BCUT2D eigenvalue weighted by Crippen LogP contribution is 2.44. The first-order chi connectivity index (χ1) is 17.0. The van der Waals surface area contributed by atoms with E-state index >= 15 is 0 Å². The molecule has 196 valence electrons. The van der Waals surface area contributed by atoms with E-state index < -0.39 is 34.1 Å². The molecule has 0 amide bonds. The maximum Gasteiger partial charge on any atom is 0.334 e. The van der Waals surface area contributed by atoms with Gasteiger partial charge in [0.15, 0.2) is 5.78 Å². The van der Waals surface area contributed by atoms with Gasteiger partial charge in [0.1, 0.15) is 22.4 Å². The van der Waals surface area contributed by atoms with E-state index in [1.807, 2.05) is 0 Å². The first-order valence-electron chi connectivity index (χ1n) is 11.6. The van der Waals surface area contributed by atoms with Crippen molar-refractivity contribution in [3.63, 3.8) is 0 Å². The van der Waals surface area contributed by atoms with E-state index in [1.165, 1.54) is 52.8 Å². The summed E-state index contributed by atoms with van der Waals surface area (Å²) in [6.45, 7) is 7.11. The molecule has 0 bridgehead atoms. The quantitative estimate of drug-likeness (QED) is 0.415. The number of carbonyl (C=O) groups excluding carboxylic acids is 2. The second-order valence-electron chi connectivity index (χ2n) is 9.80. The van der Waals surface area contributed by atoms with E-state index in [1.54, 1.807) is 48.5 Å². The van der Waals surface area contributed by atoms with Crippen molar-refractivity contribution in [2.45, 2.75) is 57.7 Å². The Kier molecular flexibility index (Phi) is 8.75. The predicted octanol–water partition coefficient (Wildman–Crippen LogP) is 3.48. The van der Waals surface area contributed by atoms with Crippen LogP contribution >= 0.6 is 0 Å². The average Bonchev–Trinajstić information content (AvgIpc) is 2.78. The molecule has 0 fully saturated rings. The van der Waals surface area contributed by atoms with Crippen molar-refractivity contribution in [3.8, 4) is 0 Å². The molecule has 2 aromatic carbocycles. The van der Waals surface area contributed by atoms with Gasteiger partial charge in [-0.25, -0.2) is 4.79 Å². The smallest absolute Gasteiger partial charge is 0.334 e. The number of allylic oxidation sites excluding steroid dienone is 2. The molecule has 8 heteroatoms. The van der Waals surface area contributed by atoms with Crippen LogP contribution in [0, 0.1) is 0 Å². The molecular formula is C29H32O8. The Bertz CT molecular complexity index is 1240. The Morgan fingerprint density at radius 2 is 1.32 bits per heavy atom. The minimum Gasteiger partial charge on any atom is -0.480 e. The third-order valence-electron chi connectivity index (χ3n) is 6.06. The number of carbonyl (C=O) groups is 4. The van der Waals surface area contributed by atoms with E-state index in [0.29, 0.717) is 12.0 Å². The number of hydrogen-bond acceptors (Lipinski definition) is 6. The van der Waals surface area contributed by atoms with Crippen LogP contribution in [0.3, 0.4) is 0 Å². The molecule has 2 atom stereocenters. The number of rotatable bonds is 7. The van der Waals surface area contributed by atoms with Gasteiger partial charge in [-0.15, -0.1) is 0 Å². The molecule has 0 radical (unpaired) electrons. The second kappa shape index (κ2) is 11.0. The zero-order chi connectivity index (χ0) is 28.2. The third kappa shape index (κ3) is 6.28. The standard InChI is InChI=1S/C26H26O7.C3H6O/c1-24(2,32)21(27)18-10-6-16(7-11-18)15-17-8-12-19(13-9-17)26(23(30)31)14-4-5-20(22(28)29)25(26,3)33;1-3(2)4/h4-14,32-33H,15H2,1-3H3,(H,28,29)(H,30,31);1-2H3. The average molecular weight is 509 g/mol. The minimum absolute atomic E-state index is 0.167. The van der Waals surface area contributed by atoms with E-state index in [0.717, 1.165) is 11.1 Å². The number of Topliss-reactive ketones (excluding diaryl/α,β-unsaturated/α-hetero) is 2. The van der Waals surface area contributed by atoms with Crippen LogP contribution in [0.4, 0.5) is 0 Å². The fraction of sp³-hybridized carbons (Fsp3) is 0.310. The molecule has 3 rings (SSSR count). The van der Waals surface area contributed by atoms with Crippen molar-refractivity contribution in [2.75, 3.05) is 0 Å². The van der Waals surface area contributed by atoms with Gasteiger partial charge in [0.25, 0.3) is 0 Å². The van der Waals surface area contributed by atoms with Crippen LogP contribution in [-0.4, -0.2) is 55.1 Å². The lowest BCUT2D eigenvalue weighted by atomic mass is 9.62. The molecule has 0 aromatic heterocycles. The van der Waals surface area contributed by atoms with Crippen molar-refractivity contribution in [1.82, 2.24) is 0 Å². The summed E-state index contributed by atoms with van der Waals surface area (Å²) in [7, 11) is 0. The van der Waals surface area contributed by atoms with Crippen LogP contribution in [0.5, 0.6) is 0 Å². The molecule has 0 heterocycles. The van der Waals surface area contributed by atoms with Crippen LogP contribution in [0.2, 0.25) is 0 Å². The molecule has 2 aromatic rings. The van der Waals surface area contributed by atoms with Crippen molar-refractivity contribution in [3.05, 3.63) is 94.6 Å². The Balaban J connectivity index is 0.00000112.